The first kappa shape index (κ1) is 23.4. The summed E-state index contributed by atoms with van der Waals surface area (Å²) in [7, 11) is 0.376. The van der Waals surface area contributed by atoms with E-state index in [9.17, 15) is 0 Å². The normalized spacial score (nSPS) is 11.5. The Labute approximate surface area is 150 Å². The van der Waals surface area contributed by atoms with Crippen molar-refractivity contribution in [3.8, 4) is 0 Å². The molecule has 0 bridgehead atoms. The van der Waals surface area contributed by atoms with Crippen molar-refractivity contribution in [2.45, 2.75) is 124 Å². The van der Waals surface area contributed by atoms with Gasteiger partial charge in [-0.3, -0.25) is 0 Å². The van der Waals surface area contributed by atoms with E-state index in [1.165, 1.54) is 103 Å². The third-order valence-electron chi connectivity index (χ3n) is 4.98. The molecule has 0 aliphatic heterocycles. The largest absolute Gasteiger partial charge is 0.107 e. The number of hydrogen-bond acceptors (Lipinski definition) is 0. The zero-order chi connectivity index (χ0) is 17.0. The van der Waals surface area contributed by atoms with Crippen LogP contribution in [0.25, 0.3) is 0 Å². The summed E-state index contributed by atoms with van der Waals surface area (Å²) in [6, 6.07) is 0. The maximum absolute atomic E-state index is 2.33. The third-order valence-corrected chi connectivity index (χ3v) is 7.83. The molecule has 0 fully saturated rings. The molecule has 0 N–H and O–H groups in total. The van der Waals surface area contributed by atoms with Crippen LogP contribution in [0.3, 0.4) is 0 Å². The van der Waals surface area contributed by atoms with Crippen LogP contribution in [0.5, 0.6) is 0 Å². The molecule has 140 valence electrons. The molecule has 0 aromatic carbocycles. The standard InChI is InChI=1S/C22H47P/c1-4-7-10-13-14-15-16-19-22-23(20-17-11-8-5-2)21-18-12-9-6-3/h4-22H2,1-3H3. The van der Waals surface area contributed by atoms with Gasteiger partial charge in [0.1, 0.15) is 0 Å². The van der Waals surface area contributed by atoms with Gasteiger partial charge in [-0.25, -0.2) is 0 Å². The van der Waals surface area contributed by atoms with E-state index >= 15 is 0 Å². The summed E-state index contributed by atoms with van der Waals surface area (Å²) in [4.78, 5) is 0. The number of hydrogen-bond donors (Lipinski definition) is 0. The highest BCUT2D eigenvalue weighted by Crippen LogP contribution is 2.39. The summed E-state index contributed by atoms with van der Waals surface area (Å²) in [5.74, 6) is 0. The Kier molecular flexibility index (Phi) is 20.9. The fraction of sp³-hybridized carbons (Fsp3) is 1.00. The zero-order valence-corrected chi connectivity index (χ0v) is 17.8. The first-order chi connectivity index (χ1) is 11.3. The smallest absolute Gasteiger partial charge is 0.0326 e. The first-order valence-electron chi connectivity index (χ1n) is 11.1. The van der Waals surface area contributed by atoms with E-state index < -0.39 is 0 Å². The molecule has 0 aliphatic rings. The second kappa shape index (κ2) is 20.5. The van der Waals surface area contributed by atoms with Gasteiger partial charge >= 0.3 is 0 Å². The first-order valence-corrected chi connectivity index (χ1v) is 13.0. The zero-order valence-electron chi connectivity index (χ0n) is 16.9. The molecule has 0 aromatic heterocycles. The molecule has 0 atom stereocenters. The van der Waals surface area contributed by atoms with Crippen molar-refractivity contribution < 1.29 is 0 Å². The van der Waals surface area contributed by atoms with E-state index in [1.54, 1.807) is 18.5 Å². The van der Waals surface area contributed by atoms with Gasteiger partial charge in [0.2, 0.25) is 0 Å². The minimum atomic E-state index is 0.376. The Morgan fingerprint density at radius 3 is 0.957 bits per heavy atom. The molecule has 0 saturated carbocycles. The molecule has 0 aromatic rings. The van der Waals surface area contributed by atoms with Crippen molar-refractivity contribution in [1.82, 2.24) is 0 Å². The van der Waals surface area contributed by atoms with Gasteiger partial charge in [0.15, 0.2) is 0 Å². The topological polar surface area (TPSA) is 0 Å². The van der Waals surface area contributed by atoms with Crippen LogP contribution in [-0.2, 0) is 0 Å². The van der Waals surface area contributed by atoms with Crippen molar-refractivity contribution in [2.24, 2.45) is 0 Å². The monoisotopic (exact) mass is 342 g/mol. The number of unbranched alkanes of at least 4 members (excludes halogenated alkanes) is 13. The minimum Gasteiger partial charge on any atom is -0.107 e. The Hall–Kier alpha value is 0.430. The van der Waals surface area contributed by atoms with Crippen LogP contribution < -0.4 is 0 Å². The second-order valence-corrected chi connectivity index (χ2v) is 10.1. The Morgan fingerprint density at radius 1 is 0.348 bits per heavy atom. The predicted molar refractivity (Wildman–Crippen MR) is 112 cm³/mol. The van der Waals surface area contributed by atoms with Crippen molar-refractivity contribution in [3.63, 3.8) is 0 Å². The summed E-state index contributed by atoms with van der Waals surface area (Å²) in [6.45, 7) is 6.96. The lowest BCUT2D eigenvalue weighted by Gasteiger charge is -2.18. The Morgan fingerprint density at radius 2 is 0.609 bits per heavy atom. The quantitative estimate of drug-likeness (QED) is 0.162. The van der Waals surface area contributed by atoms with Gasteiger partial charge in [0, 0.05) is 0 Å². The number of rotatable bonds is 19. The van der Waals surface area contributed by atoms with E-state index in [4.69, 9.17) is 0 Å². The van der Waals surface area contributed by atoms with Crippen LogP contribution in [0.15, 0.2) is 0 Å². The molecule has 0 radical (unpaired) electrons. The second-order valence-electron chi connectivity index (χ2n) is 7.44. The molecule has 0 heterocycles. The predicted octanol–water partition coefficient (Wildman–Crippen LogP) is 8.77. The molecule has 0 rings (SSSR count). The lowest BCUT2D eigenvalue weighted by molar-refractivity contribution is 0.585. The molecular formula is C22H47P. The van der Waals surface area contributed by atoms with Crippen LogP contribution in [0, 0.1) is 0 Å². The van der Waals surface area contributed by atoms with Crippen LogP contribution >= 0.6 is 7.92 Å². The summed E-state index contributed by atoms with van der Waals surface area (Å²) >= 11 is 0. The molecule has 0 unspecified atom stereocenters. The van der Waals surface area contributed by atoms with Crippen LogP contribution in [0.4, 0.5) is 0 Å². The maximum Gasteiger partial charge on any atom is -0.0326 e. The van der Waals surface area contributed by atoms with Crippen LogP contribution in [-0.4, -0.2) is 18.5 Å². The lowest BCUT2D eigenvalue weighted by atomic mass is 10.1. The van der Waals surface area contributed by atoms with Crippen LogP contribution in [0.1, 0.15) is 124 Å². The fourth-order valence-electron chi connectivity index (χ4n) is 3.33. The highest BCUT2D eigenvalue weighted by Gasteiger charge is 2.07. The summed E-state index contributed by atoms with van der Waals surface area (Å²) in [5.41, 5.74) is 0. The highest BCUT2D eigenvalue weighted by atomic mass is 31.1. The molecule has 0 amide bonds. The average Bonchev–Trinajstić information content (AvgIpc) is 2.57. The molecule has 0 spiro atoms. The van der Waals surface area contributed by atoms with E-state index in [2.05, 4.69) is 20.8 Å². The Bertz CT molecular complexity index is 190. The van der Waals surface area contributed by atoms with E-state index in [-0.39, 0.29) is 0 Å². The summed E-state index contributed by atoms with van der Waals surface area (Å²) in [6.07, 6.45) is 28.2. The van der Waals surface area contributed by atoms with Gasteiger partial charge in [0.05, 0.1) is 0 Å². The van der Waals surface area contributed by atoms with Crippen molar-refractivity contribution in [3.05, 3.63) is 0 Å². The van der Waals surface area contributed by atoms with Crippen molar-refractivity contribution >= 4 is 7.92 Å². The van der Waals surface area contributed by atoms with Gasteiger partial charge in [-0.2, -0.15) is 0 Å². The average molecular weight is 343 g/mol. The van der Waals surface area contributed by atoms with Gasteiger partial charge in [-0.05, 0) is 37.7 Å². The van der Waals surface area contributed by atoms with E-state index in [0.29, 0.717) is 7.92 Å². The molecule has 23 heavy (non-hydrogen) atoms. The molecule has 1 heteroatoms. The molecule has 0 nitrogen and oxygen atoms in total. The summed E-state index contributed by atoms with van der Waals surface area (Å²) in [5, 5.41) is 0. The van der Waals surface area contributed by atoms with Crippen molar-refractivity contribution in [1.29, 1.82) is 0 Å². The van der Waals surface area contributed by atoms with Gasteiger partial charge < -0.3 is 0 Å². The van der Waals surface area contributed by atoms with Crippen LogP contribution in [0.2, 0.25) is 0 Å². The lowest BCUT2D eigenvalue weighted by Crippen LogP contribution is -1.97. The highest BCUT2D eigenvalue weighted by molar-refractivity contribution is 7.57. The fourth-order valence-corrected chi connectivity index (χ4v) is 6.01. The Balaban J connectivity index is 3.64. The summed E-state index contributed by atoms with van der Waals surface area (Å²) < 4.78 is 0. The van der Waals surface area contributed by atoms with Gasteiger partial charge in [-0.15, -0.1) is 7.92 Å². The maximum atomic E-state index is 2.33. The van der Waals surface area contributed by atoms with Gasteiger partial charge in [0.25, 0.3) is 0 Å². The third kappa shape index (κ3) is 18.6. The van der Waals surface area contributed by atoms with E-state index in [1.807, 2.05) is 0 Å². The molecule has 0 saturated heterocycles. The molecule has 0 aliphatic carbocycles. The minimum absolute atomic E-state index is 0.376. The van der Waals surface area contributed by atoms with E-state index in [0.717, 1.165) is 0 Å². The molecular weight excluding hydrogens is 295 g/mol. The SMILES string of the molecule is CCCCCCCCCCP(CCCCCC)CCCCCC. The van der Waals surface area contributed by atoms with Gasteiger partial charge in [-0.1, -0.05) is 104 Å². The van der Waals surface area contributed by atoms with Crippen molar-refractivity contribution in [2.75, 3.05) is 18.5 Å².